The summed E-state index contributed by atoms with van der Waals surface area (Å²) in [6.07, 6.45) is 0. The summed E-state index contributed by atoms with van der Waals surface area (Å²) in [7, 11) is 0. The monoisotopic (exact) mass is 313 g/mol. The molecule has 1 aromatic rings. The van der Waals surface area contributed by atoms with Gasteiger partial charge < -0.3 is 10.6 Å². The Bertz CT molecular complexity index is 438. The minimum atomic E-state index is 0.0602. The van der Waals surface area contributed by atoms with Crippen LogP contribution in [0.4, 0.5) is 0 Å². The number of halogens is 1. The molecule has 0 spiro atoms. The highest BCUT2D eigenvalue weighted by Crippen LogP contribution is 2.26. The Morgan fingerprint density at radius 2 is 2.10 bits per heavy atom. The number of rotatable bonds is 6. The molecule has 1 heterocycles. The Morgan fingerprint density at radius 3 is 2.85 bits per heavy atom. The van der Waals surface area contributed by atoms with Crippen LogP contribution in [0.1, 0.15) is 0 Å². The number of amides is 1. The van der Waals surface area contributed by atoms with Gasteiger partial charge in [-0.25, -0.2) is 0 Å². The normalized spacial score (nSPS) is 16.1. The Hall–Kier alpha value is -0.750. The van der Waals surface area contributed by atoms with Crippen LogP contribution in [0.3, 0.4) is 0 Å². The van der Waals surface area contributed by atoms with Crippen LogP contribution >= 0.6 is 23.4 Å². The van der Waals surface area contributed by atoms with Crippen molar-refractivity contribution in [3.05, 3.63) is 29.3 Å². The third-order valence-corrected chi connectivity index (χ3v) is 4.67. The minimum Gasteiger partial charge on any atom is -0.354 e. The van der Waals surface area contributed by atoms with Crippen LogP contribution in [0.2, 0.25) is 5.02 Å². The van der Waals surface area contributed by atoms with Gasteiger partial charge in [-0.05, 0) is 12.1 Å². The Morgan fingerprint density at radius 1 is 1.35 bits per heavy atom. The molecule has 20 heavy (non-hydrogen) atoms. The summed E-state index contributed by atoms with van der Waals surface area (Å²) in [5, 5.41) is 6.97. The smallest absolute Gasteiger partial charge is 0.230 e. The molecule has 4 nitrogen and oxygen atoms in total. The minimum absolute atomic E-state index is 0.0602. The lowest BCUT2D eigenvalue weighted by molar-refractivity contribution is -0.118. The zero-order valence-corrected chi connectivity index (χ0v) is 13.0. The van der Waals surface area contributed by atoms with E-state index < -0.39 is 0 Å². The van der Waals surface area contributed by atoms with Crippen LogP contribution in [0.5, 0.6) is 0 Å². The molecule has 6 heteroatoms. The highest BCUT2D eigenvalue weighted by molar-refractivity contribution is 8.00. The lowest BCUT2D eigenvalue weighted by Gasteiger charge is -2.27. The number of carbonyl (C=O) groups excluding carboxylic acids is 1. The van der Waals surface area contributed by atoms with E-state index in [-0.39, 0.29) is 5.91 Å². The molecule has 0 radical (unpaired) electrons. The summed E-state index contributed by atoms with van der Waals surface area (Å²) >= 11 is 7.52. The number of thioether (sulfide) groups is 1. The van der Waals surface area contributed by atoms with Crippen LogP contribution in [0.15, 0.2) is 29.2 Å². The molecule has 0 aromatic heterocycles. The fourth-order valence-electron chi connectivity index (χ4n) is 2.04. The van der Waals surface area contributed by atoms with E-state index >= 15 is 0 Å². The SMILES string of the molecule is O=C(CSc1ccccc1Cl)NCCN1CCNCC1. The first-order valence-corrected chi connectivity index (χ1v) is 8.19. The summed E-state index contributed by atoms with van der Waals surface area (Å²) < 4.78 is 0. The van der Waals surface area contributed by atoms with Crippen molar-refractivity contribution in [1.29, 1.82) is 0 Å². The molecule has 0 saturated carbocycles. The maximum Gasteiger partial charge on any atom is 0.230 e. The Kier molecular flexibility index (Phi) is 6.66. The van der Waals surface area contributed by atoms with E-state index in [0.29, 0.717) is 17.3 Å². The maximum atomic E-state index is 11.8. The predicted octanol–water partition coefficient (Wildman–Crippen LogP) is 1.45. The molecule has 0 atom stereocenters. The van der Waals surface area contributed by atoms with Crippen molar-refractivity contribution >= 4 is 29.3 Å². The number of hydrogen-bond acceptors (Lipinski definition) is 4. The quantitative estimate of drug-likeness (QED) is 0.780. The van der Waals surface area contributed by atoms with E-state index in [9.17, 15) is 4.79 Å². The number of carbonyl (C=O) groups is 1. The third kappa shape index (κ3) is 5.32. The average Bonchev–Trinajstić information content (AvgIpc) is 2.47. The van der Waals surface area contributed by atoms with Gasteiger partial charge in [0.25, 0.3) is 0 Å². The van der Waals surface area contributed by atoms with Crippen molar-refractivity contribution in [2.45, 2.75) is 4.90 Å². The molecule has 1 fully saturated rings. The van der Waals surface area contributed by atoms with Gasteiger partial charge in [0, 0.05) is 44.2 Å². The van der Waals surface area contributed by atoms with Crippen molar-refractivity contribution < 1.29 is 4.79 Å². The first-order valence-electron chi connectivity index (χ1n) is 6.83. The zero-order chi connectivity index (χ0) is 14.2. The summed E-state index contributed by atoms with van der Waals surface area (Å²) in [5.41, 5.74) is 0. The van der Waals surface area contributed by atoms with Crippen molar-refractivity contribution in [2.24, 2.45) is 0 Å². The number of hydrogen-bond donors (Lipinski definition) is 2. The molecule has 0 unspecified atom stereocenters. The van der Waals surface area contributed by atoms with E-state index in [1.165, 1.54) is 11.8 Å². The lowest BCUT2D eigenvalue weighted by atomic mass is 10.3. The summed E-state index contributed by atoms with van der Waals surface area (Å²) in [4.78, 5) is 15.1. The molecule has 110 valence electrons. The molecule has 2 rings (SSSR count). The van der Waals surface area contributed by atoms with Crippen LogP contribution < -0.4 is 10.6 Å². The highest BCUT2D eigenvalue weighted by atomic mass is 35.5. The van der Waals surface area contributed by atoms with Gasteiger partial charge in [-0.15, -0.1) is 11.8 Å². The molecule has 2 N–H and O–H groups in total. The maximum absolute atomic E-state index is 11.8. The molecule has 0 bridgehead atoms. The molecular weight excluding hydrogens is 294 g/mol. The van der Waals surface area contributed by atoms with Crippen LogP contribution in [0.25, 0.3) is 0 Å². The number of nitrogens with zero attached hydrogens (tertiary/aromatic N) is 1. The van der Waals surface area contributed by atoms with E-state index in [1.54, 1.807) is 0 Å². The second kappa shape index (κ2) is 8.52. The number of benzene rings is 1. The van der Waals surface area contributed by atoms with Gasteiger partial charge in [-0.1, -0.05) is 23.7 Å². The fourth-order valence-corrected chi connectivity index (χ4v) is 3.11. The Labute approximate surface area is 129 Å². The van der Waals surface area contributed by atoms with Gasteiger partial charge in [0.2, 0.25) is 5.91 Å². The second-order valence-electron chi connectivity index (χ2n) is 4.66. The van der Waals surface area contributed by atoms with Gasteiger partial charge >= 0.3 is 0 Å². The van der Waals surface area contributed by atoms with Gasteiger partial charge in [-0.2, -0.15) is 0 Å². The van der Waals surface area contributed by atoms with Crippen LogP contribution in [-0.4, -0.2) is 55.8 Å². The van der Waals surface area contributed by atoms with E-state index in [2.05, 4.69) is 15.5 Å². The first kappa shape index (κ1) is 15.6. The molecule has 1 aliphatic rings. The zero-order valence-electron chi connectivity index (χ0n) is 11.4. The average molecular weight is 314 g/mol. The van der Waals surface area contributed by atoms with Crippen LogP contribution in [-0.2, 0) is 4.79 Å². The van der Waals surface area contributed by atoms with E-state index in [4.69, 9.17) is 11.6 Å². The van der Waals surface area contributed by atoms with Crippen LogP contribution in [0, 0.1) is 0 Å². The lowest BCUT2D eigenvalue weighted by Crippen LogP contribution is -2.46. The highest BCUT2D eigenvalue weighted by Gasteiger charge is 2.09. The van der Waals surface area contributed by atoms with Crippen molar-refractivity contribution in [3.63, 3.8) is 0 Å². The van der Waals surface area contributed by atoms with Crippen molar-refractivity contribution in [2.75, 3.05) is 45.0 Å². The van der Waals surface area contributed by atoms with Gasteiger partial charge in [0.1, 0.15) is 0 Å². The predicted molar refractivity (Wildman–Crippen MR) is 84.5 cm³/mol. The molecule has 1 aromatic carbocycles. The second-order valence-corrected chi connectivity index (χ2v) is 6.09. The molecule has 1 saturated heterocycles. The number of nitrogens with one attached hydrogen (secondary N) is 2. The van der Waals surface area contributed by atoms with E-state index in [1.807, 2.05) is 24.3 Å². The van der Waals surface area contributed by atoms with Crippen molar-refractivity contribution in [1.82, 2.24) is 15.5 Å². The summed E-state index contributed by atoms with van der Waals surface area (Å²) in [6.45, 7) is 5.83. The van der Waals surface area contributed by atoms with Gasteiger partial charge in [0.05, 0.1) is 10.8 Å². The van der Waals surface area contributed by atoms with Gasteiger partial charge in [-0.3, -0.25) is 9.69 Å². The molecule has 1 aliphatic heterocycles. The standard InChI is InChI=1S/C14H20ClN3OS/c15-12-3-1-2-4-13(12)20-11-14(19)17-7-10-18-8-5-16-6-9-18/h1-4,16H,5-11H2,(H,17,19). The molecule has 1 amide bonds. The fraction of sp³-hybridized carbons (Fsp3) is 0.500. The Balaban J connectivity index is 1.62. The first-order chi connectivity index (χ1) is 9.75. The summed E-state index contributed by atoms with van der Waals surface area (Å²) in [5.74, 6) is 0.468. The number of piperazine rings is 1. The topological polar surface area (TPSA) is 44.4 Å². The molecule has 0 aliphatic carbocycles. The van der Waals surface area contributed by atoms with Gasteiger partial charge in [0.15, 0.2) is 0 Å². The molecular formula is C14H20ClN3OS. The summed E-state index contributed by atoms with van der Waals surface area (Å²) in [6, 6.07) is 7.59. The largest absolute Gasteiger partial charge is 0.354 e. The third-order valence-electron chi connectivity index (χ3n) is 3.16. The van der Waals surface area contributed by atoms with Crippen molar-refractivity contribution in [3.8, 4) is 0 Å². The van der Waals surface area contributed by atoms with E-state index in [0.717, 1.165) is 37.6 Å².